The highest BCUT2D eigenvalue weighted by Crippen LogP contribution is 2.32. The highest BCUT2D eigenvalue weighted by Gasteiger charge is 2.31. The summed E-state index contributed by atoms with van der Waals surface area (Å²) in [6.45, 7) is 8.65. The molecule has 34 heavy (non-hydrogen) atoms. The standard InChI is InChI=1S/C26H38N4O3S/c1-18-15-22(20(3)29(18)23-9-7-6-8-10-23)11-12-26(31)28(5)16-25-19(2)27-30(21(25)4)24-13-14-34(32,33)17-24/h11-12,15,23-24H,6-10,13-14,16-17H2,1-5H3/b12-11+. The maximum absolute atomic E-state index is 12.9. The summed E-state index contributed by atoms with van der Waals surface area (Å²) in [6.07, 6.45) is 10.6. The van der Waals surface area contributed by atoms with E-state index in [0.29, 0.717) is 19.0 Å². The van der Waals surface area contributed by atoms with Crippen LogP contribution >= 0.6 is 0 Å². The van der Waals surface area contributed by atoms with Crippen LogP contribution in [-0.4, -0.2) is 52.1 Å². The van der Waals surface area contributed by atoms with Crippen molar-refractivity contribution in [1.29, 1.82) is 0 Å². The second-order valence-electron chi connectivity index (χ2n) is 10.2. The molecule has 1 atom stereocenters. The van der Waals surface area contributed by atoms with Gasteiger partial charge in [0.15, 0.2) is 9.84 Å². The van der Waals surface area contributed by atoms with Gasteiger partial charge in [-0.2, -0.15) is 5.10 Å². The Bertz CT molecular complexity index is 1200. The molecule has 8 heteroatoms. The molecular formula is C26H38N4O3S. The Morgan fingerprint density at radius 2 is 1.79 bits per heavy atom. The number of sulfone groups is 1. The molecule has 1 amide bonds. The van der Waals surface area contributed by atoms with Crippen molar-refractivity contribution >= 4 is 21.8 Å². The van der Waals surface area contributed by atoms with Crippen LogP contribution in [0, 0.1) is 27.7 Å². The zero-order chi connectivity index (χ0) is 24.6. The number of aryl methyl sites for hydroxylation is 2. The molecule has 2 aromatic heterocycles. The van der Waals surface area contributed by atoms with Crippen LogP contribution in [0.15, 0.2) is 12.1 Å². The fourth-order valence-electron chi connectivity index (χ4n) is 5.73. The third-order valence-electron chi connectivity index (χ3n) is 7.67. The molecule has 3 heterocycles. The first-order valence-electron chi connectivity index (χ1n) is 12.4. The van der Waals surface area contributed by atoms with Crippen LogP contribution in [0.25, 0.3) is 6.08 Å². The van der Waals surface area contributed by atoms with Crippen molar-refractivity contribution in [2.45, 2.75) is 84.8 Å². The fourth-order valence-corrected chi connectivity index (χ4v) is 7.42. The van der Waals surface area contributed by atoms with Crippen LogP contribution in [0.5, 0.6) is 0 Å². The Balaban J connectivity index is 1.45. The van der Waals surface area contributed by atoms with Gasteiger partial charge in [0.25, 0.3) is 0 Å². The van der Waals surface area contributed by atoms with E-state index in [9.17, 15) is 13.2 Å². The van der Waals surface area contributed by atoms with Gasteiger partial charge in [0.05, 0.1) is 23.2 Å². The molecule has 2 aliphatic rings. The van der Waals surface area contributed by atoms with E-state index in [1.165, 1.54) is 43.5 Å². The Hall–Kier alpha value is -2.35. The molecule has 2 aromatic rings. The first-order chi connectivity index (χ1) is 16.1. The van der Waals surface area contributed by atoms with Crippen LogP contribution in [0.3, 0.4) is 0 Å². The molecule has 1 aliphatic carbocycles. The second kappa shape index (κ2) is 9.72. The highest BCUT2D eigenvalue weighted by atomic mass is 32.2. The minimum atomic E-state index is -2.98. The summed E-state index contributed by atoms with van der Waals surface area (Å²) in [5, 5.41) is 4.63. The van der Waals surface area contributed by atoms with Gasteiger partial charge in [0, 0.05) is 48.4 Å². The van der Waals surface area contributed by atoms with Gasteiger partial charge in [-0.3, -0.25) is 9.48 Å². The lowest BCUT2D eigenvalue weighted by atomic mass is 9.95. The van der Waals surface area contributed by atoms with Crippen molar-refractivity contribution in [2.75, 3.05) is 18.6 Å². The van der Waals surface area contributed by atoms with Crippen LogP contribution in [-0.2, 0) is 21.2 Å². The topological polar surface area (TPSA) is 77.2 Å². The first kappa shape index (κ1) is 24.8. The van der Waals surface area contributed by atoms with Crippen molar-refractivity contribution < 1.29 is 13.2 Å². The summed E-state index contributed by atoms with van der Waals surface area (Å²) >= 11 is 0. The molecule has 1 saturated heterocycles. The number of carbonyl (C=O) groups is 1. The van der Waals surface area contributed by atoms with Crippen LogP contribution in [0.2, 0.25) is 0 Å². The molecule has 186 valence electrons. The van der Waals surface area contributed by atoms with Crippen molar-refractivity contribution in [3.8, 4) is 0 Å². The van der Waals surface area contributed by atoms with Crippen molar-refractivity contribution in [3.05, 3.63) is 46.0 Å². The molecule has 1 aliphatic heterocycles. The predicted octanol–water partition coefficient (Wildman–Crippen LogP) is 4.45. The summed E-state index contributed by atoms with van der Waals surface area (Å²) in [5.74, 6) is 0.304. The average Bonchev–Trinajstić information content (AvgIpc) is 3.40. The monoisotopic (exact) mass is 486 g/mol. The van der Waals surface area contributed by atoms with Crippen LogP contribution in [0.4, 0.5) is 0 Å². The van der Waals surface area contributed by atoms with E-state index >= 15 is 0 Å². The Morgan fingerprint density at radius 3 is 2.44 bits per heavy atom. The third-order valence-corrected chi connectivity index (χ3v) is 9.42. The zero-order valence-electron chi connectivity index (χ0n) is 21.2. The number of amides is 1. The maximum Gasteiger partial charge on any atom is 0.246 e. The van der Waals surface area contributed by atoms with Gasteiger partial charge in [0.1, 0.15) is 0 Å². The van der Waals surface area contributed by atoms with E-state index in [1.807, 2.05) is 24.6 Å². The molecule has 0 spiro atoms. The molecule has 1 unspecified atom stereocenters. The van der Waals surface area contributed by atoms with Crippen LogP contribution < -0.4 is 0 Å². The lowest BCUT2D eigenvalue weighted by Gasteiger charge is -2.26. The molecule has 7 nitrogen and oxygen atoms in total. The minimum absolute atomic E-state index is 0.0579. The average molecular weight is 487 g/mol. The maximum atomic E-state index is 12.9. The largest absolute Gasteiger partial charge is 0.346 e. The molecule has 0 aromatic carbocycles. The Labute approximate surface area is 203 Å². The van der Waals surface area contributed by atoms with E-state index in [-0.39, 0.29) is 23.5 Å². The van der Waals surface area contributed by atoms with E-state index < -0.39 is 9.84 Å². The Morgan fingerprint density at radius 1 is 1.09 bits per heavy atom. The molecular weight excluding hydrogens is 448 g/mol. The van der Waals surface area contributed by atoms with Gasteiger partial charge in [-0.25, -0.2) is 8.42 Å². The quantitative estimate of drug-likeness (QED) is 0.565. The van der Waals surface area contributed by atoms with Crippen molar-refractivity contribution in [2.24, 2.45) is 0 Å². The smallest absolute Gasteiger partial charge is 0.246 e. The minimum Gasteiger partial charge on any atom is -0.346 e. The van der Waals surface area contributed by atoms with Gasteiger partial charge in [-0.15, -0.1) is 0 Å². The van der Waals surface area contributed by atoms with E-state index in [1.54, 1.807) is 18.0 Å². The molecule has 0 N–H and O–H groups in total. The van der Waals surface area contributed by atoms with Gasteiger partial charge >= 0.3 is 0 Å². The first-order valence-corrected chi connectivity index (χ1v) is 14.3. The van der Waals surface area contributed by atoms with Gasteiger partial charge in [-0.05, 0) is 64.7 Å². The van der Waals surface area contributed by atoms with E-state index in [4.69, 9.17) is 0 Å². The Kier molecular flexibility index (Phi) is 7.08. The van der Waals surface area contributed by atoms with Crippen molar-refractivity contribution in [1.82, 2.24) is 19.2 Å². The zero-order valence-corrected chi connectivity index (χ0v) is 22.0. The van der Waals surface area contributed by atoms with Gasteiger partial charge < -0.3 is 9.47 Å². The lowest BCUT2D eigenvalue weighted by molar-refractivity contribution is -0.125. The van der Waals surface area contributed by atoms with Crippen LogP contribution in [0.1, 0.15) is 84.5 Å². The third kappa shape index (κ3) is 5.02. The number of carbonyl (C=O) groups excluding carboxylic acids is 1. The predicted molar refractivity (Wildman–Crippen MR) is 136 cm³/mol. The normalized spacial score (nSPS) is 20.9. The summed E-state index contributed by atoms with van der Waals surface area (Å²) in [4.78, 5) is 14.6. The number of hydrogen-bond donors (Lipinski definition) is 0. The molecule has 4 rings (SSSR count). The number of aromatic nitrogens is 3. The second-order valence-corrected chi connectivity index (χ2v) is 12.4. The fraction of sp³-hybridized carbons (Fsp3) is 0.615. The number of nitrogens with zero attached hydrogens (tertiary/aromatic N) is 4. The van der Waals surface area contributed by atoms with Gasteiger partial charge in [0.2, 0.25) is 5.91 Å². The SMILES string of the molecule is Cc1nn(C2CCS(=O)(=O)C2)c(C)c1CN(C)C(=O)/C=C/c1cc(C)n(C2CCCCC2)c1C. The van der Waals surface area contributed by atoms with Gasteiger partial charge in [-0.1, -0.05) is 19.3 Å². The number of hydrogen-bond acceptors (Lipinski definition) is 4. The number of rotatable bonds is 6. The lowest BCUT2D eigenvalue weighted by Crippen LogP contribution is -2.25. The molecule has 0 radical (unpaired) electrons. The number of likely N-dealkylation sites (N-methyl/N-ethyl adjacent to an activating group) is 1. The molecule has 0 bridgehead atoms. The highest BCUT2D eigenvalue weighted by molar-refractivity contribution is 7.91. The van der Waals surface area contributed by atoms with E-state index in [0.717, 1.165) is 22.5 Å². The summed E-state index contributed by atoms with van der Waals surface area (Å²) in [7, 11) is -1.18. The summed E-state index contributed by atoms with van der Waals surface area (Å²) in [5.41, 5.74) is 6.38. The van der Waals surface area contributed by atoms with E-state index in [2.05, 4.69) is 29.6 Å². The summed E-state index contributed by atoms with van der Waals surface area (Å²) < 4.78 is 28.1. The summed E-state index contributed by atoms with van der Waals surface area (Å²) in [6, 6.07) is 2.64. The van der Waals surface area contributed by atoms with Crippen molar-refractivity contribution in [3.63, 3.8) is 0 Å². The molecule has 1 saturated carbocycles. The molecule has 2 fully saturated rings.